The number of esters is 1. The van der Waals surface area contributed by atoms with Gasteiger partial charge in [0.25, 0.3) is 0 Å². The second kappa shape index (κ2) is 20.1. The lowest BCUT2D eigenvalue weighted by molar-refractivity contribution is -0.252. The van der Waals surface area contributed by atoms with E-state index in [1.807, 2.05) is 84.9 Å². The number of carbonyl (C=O) groups excluding carboxylic acids is 1. The second-order valence-corrected chi connectivity index (χ2v) is 13.6. The van der Waals surface area contributed by atoms with Crippen LogP contribution in [0.3, 0.4) is 0 Å². The van der Waals surface area contributed by atoms with Crippen molar-refractivity contribution in [2.24, 2.45) is 0 Å². The maximum atomic E-state index is 12.3. The summed E-state index contributed by atoms with van der Waals surface area (Å²) in [7, 11) is 8.38. The number of hydrogen-bond donors (Lipinski definition) is 0. The van der Waals surface area contributed by atoms with Crippen molar-refractivity contribution < 1.29 is 19.3 Å². The van der Waals surface area contributed by atoms with Gasteiger partial charge in [-0.2, -0.15) is 15.4 Å². The van der Waals surface area contributed by atoms with E-state index in [0.29, 0.717) is 31.8 Å². The van der Waals surface area contributed by atoms with E-state index in [2.05, 4.69) is 84.9 Å². The van der Waals surface area contributed by atoms with Gasteiger partial charge in [0.15, 0.2) is 0 Å². The molecule has 0 saturated heterocycles. The smallest absolute Gasteiger partial charge is 0.348 e. The molecule has 1 unspecified atom stereocenters. The number of rotatable bonds is 18. The van der Waals surface area contributed by atoms with Crippen molar-refractivity contribution in [1.29, 1.82) is 10.5 Å². The summed E-state index contributed by atoms with van der Waals surface area (Å²) in [5.41, 5.74) is 6.88. The summed E-state index contributed by atoms with van der Waals surface area (Å²) in [5.74, 6) is 2.13. The first-order valence-electron chi connectivity index (χ1n) is 18.4. The van der Waals surface area contributed by atoms with Crippen LogP contribution < -0.4 is 19.6 Å². The van der Waals surface area contributed by atoms with Gasteiger partial charge in [-0.1, -0.05) is 47.9 Å². The molecule has 1 atom stereocenters. The molecule has 0 N–H and O–H groups in total. The van der Waals surface area contributed by atoms with E-state index in [-0.39, 0.29) is 17.9 Å². The number of anilines is 4. The fourth-order valence-electron chi connectivity index (χ4n) is 6.43. The van der Waals surface area contributed by atoms with Crippen LogP contribution >= 0.6 is 0 Å². The minimum absolute atomic E-state index is 0.0618. The van der Waals surface area contributed by atoms with Crippen molar-refractivity contribution in [3.8, 4) is 24.5 Å². The molecule has 0 fully saturated rings. The van der Waals surface area contributed by atoms with Crippen molar-refractivity contribution in [3.05, 3.63) is 131 Å². The van der Waals surface area contributed by atoms with Gasteiger partial charge >= 0.3 is 5.97 Å². The van der Waals surface area contributed by atoms with E-state index in [1.54, 1.807) is 26.0 Å². The van der Waals surface area contributed by atoms with Crippen LogP contribution in [0, 0.1) is 41.9 Å². The Labute approximate surface area is 332 Å². The first-order valence-corrected chi connectivity index (χ1v) is 18.4. The van der Waals surface area contributed by atoms with Gasteiger partial charge in [-0.15, -0.1) is 6.42 Å². The maximum absolute atomic E-state index is 12.3. The fraction of sp³-hybridized carbons (Fsp3) is 0.283. The third-order valence-electron chi connectivity index (χ3n) is 9.47. The maximum Gasteiger partial charge on any atom is 0.348 e. The number of likely N-dealkylation sites (N-methyl/N-ethyl adjacent to an activating group) is 4. The van der Waals surface area contributed by atoms with Crippen LogP contribution in [0.25, 0.3) is 12.2 Å². The molecule has 56 heavy (non-hydrogen) atoms. The SMILES string of the molecule is C#Cc1ccc(N(C)CC(CN(C)c2ccc(C)cc2)(CN(C)c2ccc(/C=C(\C#N)OOCC)cc2)N(C)c2ccc(/C=C(\C#N)C(=O)OCC)cc2)cc1. The molecule has 0 amide bonds. The Kier molecular flexibility index (Phi) is 15.1. The molecule has 0 spiro atoms. The number of nitriles is 2. The van der Waals surface area contributed by atoms with Gasteiger partial charge < -0.3 is 29.2 Å². The molecule has 0 aliphatic heterocycles. The first kappa shape index (κ1) is 42.1. The van der Waals surface area contributed by atoms with E-state index in [0.717, 1.165) is 33.9 Å². The van der Waals surface area contributed by atoms with Crippen LogP contribution in [0.4, 0.5) is 22.7 Å². The molecule has 4 aromatic carbocycles. The molecule has 288 valence electrons. The average molecular weight is 751 g/mol. The van der Waals surface area contributed by atoms with Crippen molar-refractivity contribution >= 4 is 40.9 Å². The molecule has 4 rings (SSSR count). The molecule has 0 aliphatic carbocycles. The third kappa shape index (κ3) is 11.2. The van der Waals surface area contributed by atoms with E-state index in [1.165, 1.54) is 5.56 Å². The van der Waals surface area contributed by atoms with Crippen molar-refractivity contribution in [2.45, 2.75) is 26.3 Å². The first-order chi connectivity index (χ1) is 26.9. The summed E-state index contributed by atoms with van der Waals surface area (Å²) in [6.07, 6.45) is 8.87. The topological polar surface area (TPSA) is 105 Å². The molecule has 0 radical (unpaired) electrons. The number of nitrogens with zero attached hydrogens (tertiary/aromatic N) is 6. The van der Waals surface area contributed by atoms with Crippen LogP contribution in [0.2, 0.25) is 0 Å². The van der Waals surface area contributed by atoms with Gasteiger partial charge in [0, 0.05) is 82.2 Å². The van der Waals surface area contributed by atoms with Gasteiger partial charge in [-0.05, 0) is 98.6 Å². The predicted octanol–water partition coefficient (Wildman–Crippen LogP) is 7.86. The van der Waals surface area contributed by atoms with Gasteiger partial charge in [0.1, 0.15) is 17.7 Å². The van der Waals surface area contributed by atoms with E-state index in [4.69, 9.17) is 20.9 Å². The van der Waals surface area contributed by atoms with Crippen LogP contribution in [0.1, 0.15) is 36.1 Å². The zero-order chi connectivity index (χ0) is 40.7. The average Bonchev–Trinajstić information content (AvgIpc) is 3.21. The zero-order valence-electron chi connectivity index (χ0n) is 33.3. The minimum Gasteiger partial charge on any atom is -0.462 e. The van der Waals surface area contributed by atoms with Gasteiger partial charge in [-0.25, -0.2) is 4.79 Å². The van der Waals surface area contributed by atoms with Crippen molar-refractivity contribution in [2.75, 3.05) is 80.6 Å². The number of allylic oxidation sites excluding steroid dienone is 1. The molecule has 0 heterocycles. The quantitative estimate of drug-likeness (QED) is 0.0190. The summed E-state index contributed by atoms with van der Waals surface area (Å²) in [4.78, 5) is 31.5. The molecule has 0 bridgehead atoms. The normalized spacial score (nSPS) is 12.3. The van der Waals surface area contributed by atoms with Gasteiger partial charge in [0.2, 0.25) is 5.76 Å². The molecule has 10 nitrogen and oxygen atoms in total. The highest BCUT2D eigenvalue weighted by molar-refractivity contribution is 5.97. The molecular formula is C46H50N6O4. The Morgan fingerprint density at radius 2 is 1.14 bits per heavy atom. The predicted molar refractivity (Wildman–Crippen MR) is 226 cm³/mol. The largest absolute Gasteiger partial charge is 0.462 e. The molecular weight excluding hydrogens is 701 g/mol. The Morgan fingerprint density at radius 3 is 1.59 bits per heavy atom. The van der Waals surface area contributed by atoms with Crippen LogP contribution in [-0.2, 0) is 19.3 Å². The Morgan fingerprint density at radius 1 is 0.679 bits per heavy atom. The second-order valence-electron chi connectivity index (χ2n) is 13.6. The molecule has 4 aromatic rings. The number of terminal acetylenes is 1. The molecule has 0 aromatic heterocycles. The Balaban J connectivity index is 1.81. The molecule has 0 saturated carbocycles. The summed E-state index contributed by atoms with van der Waals surface area (Å²) < 4.78 is 5.07. The van der Waals surface area contributed by atoms with Crippen LogP contribution in [0.5, 0.6) is 0 Å². The van der Waals surface area contributed by atoms with Crippen LogP contribution in [0.15, 0.2) is 108 Å². The number of carbonyl (C=O) groups is 1. The number of benzene rings is 4. The van der Waals surface area contributed by atoms with Crippen molar-refractivity contribution in [1.82, 2.24) is 0 Å². The number of aryl methyl sites for hydroxylation is 1. The summed E-state index contributed by atoms with van der Waals surface area (Å²) in [6.45, 7) is 7.89. The lowest BCUT2D eigenvalue weighted by Gasteiger charge is -2.50. The minimum atomic E-state index is -0.649. The fourth-order valence-corrected chi connectivity index (χ4v) is 6.43. The molecule has 10 heteroatoms. The number of ether oxygens (including phenoxy) is 1. The van der Waals surface area contributed by atoms with Gasteiger partial charge in [0.05, 0.1) is 18.8 Å². The third-order valence-corrected chi connectivity index (χ3v) is 9.47. The van der Waals surface area contributed by atoms with E-state index in [9.17, 15) is 15.3 Å². The van der Waals surface area contributed by atoms with Crippen molar-refractivity contribution in [3.63, 3.8) is 0 Å². The summed E-state index contributed by atoms with van der Waals surface area (Å²) in [5, 5.41) is 19.1. The van der Waals surface area contributed by atoms with E-state index >= 15 is 0 Å². The van der Waals surface area contributed by atoms with Crippen LogP contribution in [-0.4, -0.2) is 72.5 Å². The highest BCUT2D eigenvalue weighted by Crippen LogP contribution is 2.31. The number of hydrogen-bond acceptors (Lipinski definition) is 10. The standard InChI is InChI=1S/C46H50N6O4/c1-9-36-14-22-41(23-15-36)50(6)33-46(32-49(5)40-20-12-35(4)13-21-40,34-51(7)42-24-16-38(17-25-42)29-44(31-48)56-55-11-3)52(8)43-26-18-37(19-27-43)28-39(30-47)45(53)54-10-2/h1,12-29H,10-11,32-34H2,2-8H3/b39-28+,44-29+. The Hall–Kier alpha value is -6.67. The van der Waals surface area contributed by atoms with E-state index < -0.39 is 11.5 Å². The zero-order valence-corrected chi connectivity index (χ0v) is 33.3. The molecule has 0 aliphatic rings. The summed E-state index contributed by atoms with van der Waals surface area (Å²) in [6, 6.07) is 36.2. The lowest BCUT2D eigenvalue weighted by atomic mass is 9.92. The lowest BCUT2D eigenvalue weighted by Crippen LogP contribution is -2.65. The highest BCUT2D eigenvalue weighted by atomic mass is 17.2. The Bertz CT molecular complexity index is 2090. The summed E-state index contributed by atoms with van der Waals surface area (Å²) >= 11 is 0. The highest BCUT2D eigenvalue weighted by Gasteiger charge is 2.39. The van der Waals surface area contributed by atoms with Gasteiger partial charge in [-0.3, -0.25) is 0 Å². The monoisotopic (exact) mass is 750 g/mol.